The van der Waals surface area contributed by atoms with Gasteiger partial charge >= 0.3 is 0 Å². The number of carbonyl (C=O) groups excluding carboxylic acids is 2. The lowest BCUT2D eigenvalue weighted by Crippen LogP contribution is -2.34. The highest BCUT2D eigenvalue weighted by molar-refractivity contribution is 5.97. The zero-order chi connectivity index (χ0) is 18.1. The van der Waals surface area contributed by atoms with Crippen LogP contribution in [0.4, 0.5) is 0 Å². The topological polar surface area (TPSA) is 92.9 Å². The quantitative estimate of drug-likeness (QED) is 0.457. The average Bonchev–Trinajstić information content (AvgIpc) is 3.17. The third kappa shape index (κ3) is 5.65. The normalized spacial score (nSPS) is 11.4. The molecule has 7 heteroatoms. The Morgan fingerprint density at radius 3 is 2.76 bits per heavy atom. The average molecular weight is 341 g/mol. The standard InChI is InChI=1S/C18H19N3O4/c1-13(15-8-5-11-25-15)20-21-18(23)12-19-17(22)10-9-14-6-3-4-7-16(14)24-2/h3-11H,12H2,1-2H3,(H,19,22)(H,21,23)/b10-9+,20-13-. The lowest BCUT2D eigenvalue weighted by Gasteiger charge is -2.04. The number of amides is 2. The van der Waals surface area contributed by atoms with E-state index in [2.05, 4.69) is 15.8 Å². The van der Waals surface area contributed by atoms with E-state index in [1.807, 2.05) is 18.2 Å². The van der Waals surface area contributed by atoms with E-state index in [-0.39, 0.29) is 6.54 Å². The Balaban J connectivity index is 1.80. The lowest BCUT2D eigenvalue weighted by atomic mass is 10.2. The molecular formula is C18H19N3O4. The van der Waals surface area contributed by atoms with Crippen molar-refractivity contribution in [2.75, 3.05) is 13.7 Å². The minimum absolute atomic E-state index is 0.190. The zero-order valence-electron chi connectivity index (χ0n) is 14.0. The largest absolute Gasteiger partial charge is 0.496 e. The maximum atomic E-state index is 11.8. The summed E-state index contributed by atoms with van der Waals surface area (Å²) in [5, 5.41) is 6.38. The van der Waals surface area contributed by atoms with Gasteiger partial charge in [-0.2, -0.15) is 5.10 Å². The van der Waals surface area contributed by atoms with Crippen LogP contribution in [0, 0.1) is 0 Å². The number of benzene rings is 1. The molecule has 1 aromatic heterocycles. The van der Waals surface area contributed by atoms with E-state index in [0.29, 0.717) is 17.2 Å². The Morgan fingerprint density at radius 2 is 2.04 bits per heavy atom. The maximum Gasteiger partial charge on any atom is 0.259 e. The molecule has 2 N–H and O–H groups in total. The first-order chi connectivity index (χ1) is 12.1. The molecule has 1 heterocycles. The number of carbonyl (C=O) groups is 2. The Labute approximate surface area is 145 Å². The predicted molar refractivity (Wildman–Crippen MR) is 94.1 cm³/mol. The van der Waals surface area contributed by atoms with Crippen molar-refractivity contribution in [3.05, 3.63) is 60.1 Å². The Bertz CT molecular complexity index is 779. The number of hydrogen-bond acceptors (Lipinski definition) is 5. The number of nitrogens with zero attached hydrogens (tertiary/aromatic N) is 1. The monoisotopic (exact) mass is 341 g/mol. The number of hydrazone groups is 1. The molecule has 1 aromatic carbocycles. The molecule has 0 bridgehead atoms. The molecule has 0 unspecified atom stereocenters. The molecular weight excluding hydrogens is 322 g/mol. The van der Waals surface area contributed by atoms with Gasteiger partial charge in [0.25, 0.3) is 5.91 Å². The van der Waals surface area contributed by atoms with Gasteiger partial charge in [-0.15, -0.1) is 0 Å². The molecule has 2 aromatic rings. The van der Waals surface area contributed by atoms with E-state index in [4.69, 9.17) is 9.15 Å². The summed E-state index contributed by atoms with van der Waals surface area (Å²) in [6, 6.07) is 10.8. The molecule has 0 aliphatic rings. The van der Waals surface area contributed by atoms with Crippen LogP contribution >= 0.6 is 0 Å². The summed E-state index contributed by atoms with van der Waals surface area (Å²) in [7, 11) is 1.56. The fourth-order valence-corrected chi connectivity index (χ4v) is 1.92. The van der Waals surface area contributed by atoms with E-state index < -0.39 is 11.8 Å². The first-order valence-corrected chi connectivity index (χ1v) is 7.56. The summed E-state index contributed by atoms with van der Waals surface area (Å²) in [4.78, 5) is 23.5. The van der Waals surface area contributed by atoms with E-state index >= 15 is 0 Å². The van der Waals surface area contributed by atoms with Gasteiger partial charge in [0.15, 0.2) is 0 Å². The van der Waals surface area contributed by atoms with Gasteiger partial charge in [-0.05, 0) is 31.2 Å². The summed E-state index contributed by atoms with van der Waals surface area (Å²) in [5.41, 5.74) is 3.64. The van der Waals surface area contributed by atoms with Crippen molar-refractivity contribution in [1.29, 1.82) is 0 Å². The smallest absolute Gasteiger partial charge is 0.259 e. The number of para-hydroxylation sites is 1. The lowest BCUT2D eigenvalue weighted by molar-refractivity contribution is -0.123. The molecule has 0 saturated heterocycles. The molecule has 0 fully saturated rings. The minimum atomic E-state index is -0.440. The fraction of sp³-hybridized carbons (Fsp3) is 0.167. The number of rotatable bonds is 7. The van der Waals surface area contributed by atoms with Gasteiger partial charge in [0.1, 0.15) is 17.2 Å². The summed E-state index contributed by atoms with van der Waals surface area (Å²) in [6.07, 6.45) is 4.47. The van der Waals surface area contributed by atoms with E-state index in [1.54, 1.807) is 38.3 Å². The predicted octanol–water partition coefficient (Wildman–Crippen LogP) is 1.96. The van der Waals surface area contributed by atoms with Crippen molar-refractivity contribution in [3.8, 4) is 5.75 Å². The molecule has 2 rings (SSSR count). The highest BCUT2D eigenvalue weighted by atomic mass is 16.5. The van der Waals surface area contributed by atoms with Crippen molar-refractivity contribution in [2.45, 2.75) is 6.92 Å². The van der Waals surface area contributed by atoms with Crippen molar-refractivity contribution in [3.63, 3.8) is 0 Å². The van der Waals surface area contributed by atoms with Crippen LogP contribution in [0.15, 0.2) is 58.3 Å². The number of furan rings is 1. The molecule has 0 aliphatic carbocycles. The highest BCUT2D eigenvalue weighted by Crippen LogP contribution is 2.18. The SMILES string of the molecule is COc1ccccc1/C=C/C(=O)NCC(=O)N/N=C(/C)c1ccco1. The molecule has 0 aliphatic heterocycles. The maximum absolute atomic E-state index is 11.8. The van der Waals surface area contributed by atoms with Crippen molar-refractivity contribution >= 4 is 23.6 Å². The van der Waals surface area contributed by atoms with Crippen molar-refractivity contribution < 1.29 is 18.7 Å². The summed E-state index contributed by atoms with van der Waals surface area (Å²) in [6.45, 7) is 1.51. The number of nitrogens with one attached hydrogen (secondary N) is 2. The van der Waals surface area contributed by atoms with Gasteiger partial charge in [0.2, 0.25) is 5.91 Å². The first-order valence-electron chi connectivity index (χ1n) is 7.56. The third-order valence-corrected chi connectivity index (χ3v) is 3.20. The second-order valence-electron chi connectivity index (χ2n) is 5.00. The molecule has 0 spiro atoms. The van der Waals surface area contributed by atoms with Crippen LogP contribution in [-0.4, -0.2) is 31.2 Å². The molecule has 2 amide bonds. The number of hydrogen-bond donors (Lipinski definition) is 2. The van der Waals surface area contributed by atoms with Gasteiger partial charge in [-0.25, -0.2) is 5.43 Å². The van der Waals surface area contributed by atoms with Crippen LogP contribution in [-0.2, 0) is 9.59 Å². The van der Waals surface area contributed by atoms with Gasteiger partial charge < -0.3 is 14.5 Å². The highest BCUT2D eigenvalue weighted by Gasteiger charge is 2.05. The summed E-state index contributed by atoms with van der Waals surface area (Å²) in [5.74, 6) is 0.383. The molecule has 0 saturated carbocycles. The van der Waals surface area contributed by atoms with E-state index in [0.717, 1.165) is 5.56 Å². The Morgan fingerprint density at radius 1 is 1.24 bits per heavy atom. The van der Waals surface area contributed by atoms with Crippen LogP contribution < -0.4 is 15.5 Å². The van der Waals surface area contributed by atoms with Crippen LogP contribution in [0.2, 0.25) is 0 Å². The minimum Gasteiger partial charge on any atom is -0.496 e. The van der Waals surface area contributed by atoms with Crippen molar-refractivity contribution in [1.82, 2.24) is 10.7 Å². The zero-order valence-corrected chi connectivity index (χ0v) is 14.0. The van der Waals surface area contributed by atoms with Crippen LogP contribution in [0.25, 0.3) is 6.08 Å². The van der Waals surface area contributed by atoms with Gasteiger partial charge in [0.05, 0.1) is 19.9 Å². The third-order valence-electron chi connectivity index (χ3n) is 3.20. The second-order valence-corrected chi connectivity index (χ2v) is 5.00. The Kier molecular flexibility index (Phi) is 6.53. The number of methoxy groups -OCH3 is 1. The molecule has 7 nitrogen and oxygen atoms in total. The fourth-order valence-electron chi connectivity index (χ4n) is 1.92. The summed E-state index contributed by atoms with van der Waals surface area (Å²) >= 11 is 0. The molecule has 0 atom stereocenters. The van der Waals surface area contributed by atoms with Gasteiger partial charge in [0, 0.05) is 11.6 Å². The van der Waals surface area contributed by atoms with Crippen LogP contribution in [0.3, 0.4) is 0 Å². The van der Waals surface area contributed by atoms with Crippen molar-refractivity contribution in [2.24, 2.45) is 5.10 Å². The first kappa shape index (κ1) is 18.0. The number of ether oxygens (including phenoxy) is 1. The van der Waals surface area contributed by atoms with Crippen LogP contribution in [0.1, 0.15) is 18.2 Å². The Hall–Kier alpha value is -3.35. The van der Waals surface area contributed by atoms with Gasteiger partial charge in [-0.1, -0.05) is 18.2 Å². The second kappa shape index (κ2) is 9.07. The van der Waals surface area contributed by atoms with E-state index in [1.165, 1.54) is 12.3 Å². The van der Waals surface area contributed by atoms with Gasteiger partial charge in [-0.3, -0.25) is 9.59 Å². The molecule has 0 radical (unpaired) electrons. The van der Waals surface area contributed by atoms with E-state index in [9.17, 15) is 9.59 Å². The molecule has 130 valence electrons. The van der Waals surface area contributed by atoms with Crippen LogP contribution in [0.5, 0.6) is 5.75 Å². The molecule has 25 heavy (non-hydrogen) atoms. The summed E-state index contributed by atoms with van der Waals surface area (Å²) < 4.78 is 10.3.